The highest BCUT2D eigenvalue weighted by Crippen LogP contribution is 2.31. The summed E-state index contributed by atoms with van der Waals surface area (Å²) in [6, 6.07) is 5.76. The maximum atomic E-state index is 11.3. The maximum absolute atomic E-state index is 11.3. The molecular weight excluding hydrogens is 244 g/mol. The van der Waals surface area contributed by atoms with Gasteiger partial charge in [0.1, 0.15) is 5.75 Å². The first-order valence-corrected chi connectivity index (χ1v) is 6.41. The third kappa shape index (κ3) is 2.66. The standard InChI is InChI=1S/C14H20N2O3/c1-9(2)18-12-5-4-11(6-10(12)3)14(7-15)8-16-13(17)19-14/h4-6,9H,7-8,15H2,1-3H3,(H,16,17). The van der Waals surface area contributed by atoms with Crippen LogP contribution in [0.25, 0.3) is 0 Å². The Labute approximate surface area is 113 Å². The molecule has 104 valence electrons. The van der Waals surface area contributed by atoms with E-state index in [4.69, 9.17) is 15.2 Å². The van der Waals surface area contributed by atoms with Gasteiger partial charge < -0.3 is 20.5 Å². The molecule has 5 nitrogen and oxygen atoms in total. The van der Waals surface area contributed by atoms with Crippen LogP contribution >= 0.6 is 0 Å². The lowest BCUT2D eigenvalue weighted by atomic mass is 9.92. The number of nitrogens with two attached hydrogens (primary N) is 1. The van der Waals surface area contributed by atoms with Crippen molar-refractivity contribution in [3.63, 3.8) is 0 Å². The van der Waals surface area contributed by atoms with Crippen molar-refractivity contribution in [1.29, 1.82) is 0 Å². The largest absolute Gasteiger partial charge is 0.491 e. The van der Waals surface area contributed by atoms with Crippen molar-refractivity contribution in [2.45, 2.75) is 32.5 Å². The number of benzene rings is 1. The van der Waals surface area contributed by atoms with Gasteiger partial charge >= 0.3 is 6.09 Å². The summed E-state index contributed by atoms with van der Waals surface area (Å²) in [6.07, 6.45) is -0.301. The summed E-state index contributed by atoms with van der Waals surface area (Å²) >= 11 is 0. The molecule has 2 rings (SSSR count). The van der Waals surface area contributed by atoms with Crippen LogP contribution in [0, 0.1) is 6.92 Å². The number of hydrogen-bond acceptors (Lipinski definition) is 4. The molecule has 1 heterocycles. The lowest BCUT2D eigenvalue weighted by Crippen LogP contribution is -2.38. The summed E-state index contributed by atoms with van der Waals surface area (Å²) in [5.74, 6) is 0.836. The molecule has 0 saturated carbocycles. The Hall–Kier alpha value is -1.75. The molecule has 3 N–H and O–H groups in total. The van der Waals surface area contributed by atoms with Gasteiger partial charge in [0.2, 0.25) is 0 Å². The van der Waals surface area contributed by atoms with E-state index >= 15 is 0 Å². The SMILES string of the molecule is Cc1cc(C2(CN)CNC(=O)O2)ccc1OC(C)C. The van der Waals surface area contributed by atoms with E-state index in [2.05, 4.69) is 5.32 Å². The number of hydrogen-bond donors (Lipinski definition) is 2. The summed E-state index contributed by atoms with van der Waals surface area (Å²) in [7, 11) is 0. The normalized spacial score (nSPS) is 22.3. The van der Waals surface area contributed by atoms with E-state index in [0.29, 0.717) is 6.54 Å². The Morgan fingerprint density at radius 3 is 2.74 bits per heavy atom. The molecule has 1 amide bonds. The predicted molar refractivity (Wildman–Crippen MR) is 72.2 cm³/mol. The maximum Gasteiger partial charge on any atom is 0.408 e. The third-order valence-electron chi connectivity index (χ3n) is 3.20. The second-order valence-electron chi connectivity index (χ2n) is 5.09. The molecule has 1 unspecified atom stereocenters. The Morgan fingerprint density at radius 1 is 1.53 bits per heavy atom. The van der Waals surface area contributed by atoms with Crippen molar-refractivity contribution >= 4 is 6.09 Å². The van der Waals surface area contributed by atoms with Crippen molar-refractivity contribution in [1.82, 2.24) is 5.32 Å². The van der Waals surface area contributed by atoms with Crippen LogP contribution in [-0.2, 0) is 10.3 Å². The summed E-state index contributed by atoms with van der Waals surface area (Å²) in [5.41, 5.74) is 6.91. The van der Waals surface area contributed by atoms with Crippen LogP contribution in [0.2, 0.25) is 0 Å². The zero-order chi connectivity index (χ0) is 14.0. The van der Waals surface area contributed by atoms with Gasteiger partial charge in [-0.3, -0.25) is 0 Å². The van der Waals surface area contributed by atoms with Crippen molar-refractivity contribution in [2.24, 2.45) is 5.73 Å². The van der Waals surface area contributed by atoms with Gasteiger partial charge in [-0.05, 0) is 44.0 Å². The lowest BCUT2D eigenvalue weighted by Gasteiger charge is -2.26. The predicted octanol–water partition coefficient (Wildman–Crippen LogP) is 1.68. The summed E-state index contributed by atoms with van der Waals surface area (Å²) < 4.78 is 11.0. The molecule has 0 bridgehead atoms. The molecule has 1 saturated heterocycles. The van der Waals surface area contributed by atoms with Crippen LogP contribution in [0.5, 0.6) is 5.75 Å². The van der Waals surface area contributed by atoms with E-state index in [1.165, 1.54) is 0 Å². The number of carbonyl (C=O) groups excluding carboxylic acids is 1. The molecule has 1 aromatic rings. The van der Waals surface area contributed by atoms with Gasteiger partial charge in [-0.1, -0.05) is 6.07 Å². The van der Waals surface area contributed by atoms with E-state index < -0.39 is 11.7 Å². The zero-order valence-electron chi connectivity index (χ0n) is 11.5. The van der Waals surface area contributed by atoms with Crippen LogP contribution in [0.3, 0.4) is 0 Å². The van der Waals surface area contributed by atoms with Crippen molar-refractivity contribution in [3.8, 4) is 5.75 Å². The van der Waals surface area contributed by atoms with Crippen LogP contribution in [0.4, 0.5) is 4.79 Å². The average molecular weight is 264 g/mol. The second kappa shape index (κ2) is 5.09. The molecule has 0 aliphatic carbocycles. The number of amides is 1. The van der Waals surface area contributed by atoms with Crippen molar-refractivity contribution in [2.75, 3.05) is 13.1 Å². The molecule has 0 spiro atoms. The molecular formula is C14H20N2O3. The molecule has 1 aromatic carbocycles. The highest BCUT2D eigenvalue weighted by Gasteiger charge is 2.41. The second-order valence-corrected chi connectivity index (χ2v) is 5.09. The number of ether oxygens (including phenoxy) is 2. The first-order valence-electron chi connectivity index (χ1n) is 6.41. The van der Waals surface area contributed by atoms with Crippen LogP contribution in [-0.4, -0.2) is 25.3 Å². The van der Waals surface area contributed by atoms with Gasteiger partial charge in [0, 0.05) is 6.54 Å². The van der Waals surface area contributed by atoms with Gasteiger partial charge in [-0.2, -0.15) is 0 Å². The smallest absolute Gasteiger partial charge is 0.408 e. The number of rotatable bonds is 4. The first-order chi connectivity index (χ1) is 8.97. The Morgan fingerprint density at radius 2 is 2.26 bits per heavy atom. The van der Waals surface area contributed by atoms with Crippen LogP contribution < -0.4 is 15.8 Å². The van der Waals surface area contributed by atoms with Crippen LogP contribution in [0.15, 0.2) is 18.2 Å². The van der Waals surface area contributed by atoms with E-state index in [1.807, 2.05) is 39.0 Å². The molecule has 5 heteroatoms. The fraction of sp³-hybridized carbons (Fsp3) is 0.500. The van der Waals surface area contributed by atoms with Gasteiger partial charge in [-0.15, -0.1) is 0 Å². The Bertz CT molecular complexity index is 488. The van der Waals surface area contributed by atoms with Crippen molar-refractivity contribution in [3.05, 3.63) is 29.3 Å². The van der Waals surface area contributed by atoms with Gasteiger partial charge in [0.05, 0.1) is 12.6 Å². The minimum Gasteiger partial charge on any atom is -0.491 e. The Balaban J connectivity index is 2.30. The molecule has 1 aliphatic heterocycles. The van der Waals surface area contributed by atoms with Gasteiger partial charge in [0.25, 0.3) is 0 Å². The molecule has 1 atom stereocenters. The number of alkyl carbamates (subject to hydrolysis) is 1. The highest BCUT2D eigenvalue weighted by molar-refractivity contribution is 5.71. The minimum atomic E-state index is -0.766. The van der Waals surface area contributed by atoms with Gasteiger partial charge in [0.15, 0.2) is 5.60 Å². The quantitative estimate of drug-likeness (QED) is 0.867. The lowest BCUT2D eigenvalue weighted by molar-refractivity contribution is 0.0616. The number of nitrogens with one attached hydrogen (secondary N) is 1. The first kappa shape index (κ1) is 13.7. The summed E-state index contributed by atoms with van der Waals surface area (Å²) in [5, 5.41) is 2.65. The number of aryl methyl sites for hydroxylation is 1. The molecule has 1 fully saturated rings. The minimum absolute atomic E-state index is 0.124. The van der Waals surface area contributed by atoms with E-state index in [-0.39, 0.29) is 12.6 Å². The fourth-order valence-corrected chi connectivity index (χ4v) is 2.18. The molecule has 1 aliphatic rings. The van der Waals surface area contributed by atoms with Crippen LogP contribution in [0.1, 0.15) is 25.0 Å². The van der Waals surface area contributed by atoms with Gasteiger partial charge in [-0.25, -0.2) is 4.79 Å². The van der Waals surface area contributed by atoms with E-state index in [0.717, 1.165) is 16.9 Å². The topological polar surface area (TPSA) is 73.6 Å². The summed E-state index contributed by atoms with van der Waals surface area (Å²) in [4.78, 5) is 11.3. The number of carbonyl (C=O) groups is 1. The average Bonchev–Trinajstić information content (AvgIpc) is 2.74. The summed E-state index contributed by atoms with van der Waals surface area (Å²) in [6.45, 7) is 6.58. The zero-order valence-corrected chi connectivity index (χ0v) is 11.5. The Kier molecular flexibility index (Phi) is 3.66. The van der Waals surface area contributed by atoms with Crippen molar-refractivity contribution < 1.29 is 14.3 Å². The fourth-order valence-electron chi connectivity index (χ4n) is 2.18. The number of cyclic esters (lactones) is 1. The monoisotopic (exact) mass is 264 g/mol. The highest BCUT2D eigenvalue weighted by atomic mass is 16.6. The molecule has 0 aromatic heterocycles. The molecule has 19 heavy (non-hydrogen) atoms. The van der Waals surface area contributed by atoms with E-state index in [1.54, 1.807) is 0 Å². The molecule has 0 radical (unpaired) electrons. The third-order valence-corrected chi connectivity index (χ3v) is 3.20. The van der Waals surface area contributed by atoms with E-state index in [9.17, 15) is 4.79 Å².